The van der Waals surface area contributed by atoms with E-state index in [2.05, 4.69) is 0 Å². The Morgan fingerprint density at radius 1 is 1.43 bits per heavy atom. The number of carbonyl (C=O) groups excluding carboxylic acids is 1. The Balaban J connectivity index is 0.00000169. The molecule has 14 heavy (non-hydrogen) atoms. The summed E-state index contributed by atoms with van der Waals surface area (Å²) in [5.74, 6) is -1.53. The van der Waals surface area contributed by atoms with Crippen LogP contribution in [0.3, 0.4) is 0 Å². The first-order chi connectivity index (χ1) is 6.04. The van der Waals surface area contributed by atoms with Crippen molar-refractivity contribution in [3.8, 4) is 0 Å². The van der Waals surface area contributed by atoms with Gasteiger partial charge < -0.3 is 9.90 Å². The second-order valence-electron chi connectivity index (χ2n) is 2.18. The van der Waals surface area contributed by atoms with Crippen molar-refractivity contribution < 1.29 is 44.4 Å². The van der Waals surface area contributed by atoms with Gasteiger partial charge in [0.25, 0.3) is 5.69 Å². The van der Waals surface area contributed by atoms with Gasteiger partial charge >= 0.3 is 29.6 Å². The molecule has 1 rings (SSSR count). The van der Waals surface area contributed by atoms with E-state index in [0.29, 0.717) is 0 Å². The molecule has 0 aromatic heterocycles. The van der Waals surface area contributed by atoms with Gasteiger partial charge in [-0.1, -0.05) is 23.7 Å². The van der Waals surface area contributed by atoms with Crippen molar-refractivity contribution in [1.82, 2.24) is 0 Å². The number of carboxylic acid groups (broad SMARTS) is 1. The van der Waals surface area contributed by atoms with E-state index in [-0.39, 0.29) is 35.1 Å². The van der Waals surface area contributed by atoms with E-state index in [1.54, 1.807) is 0 Å². The monoisotopic (exact) mass is 223 g/mol. The molecular weight excluding hydrogens is 221 g/mol. The third-order valence-electron chi connectivity index (χ3n) is 1.39. The molecule has 7 heteroatoms. The number of rotatable bonds is 2. The number of nitro groups is 1. The van der Waals surface area contributed by atoms with Gasteiger partial charge in [0.15, 0.2) is 0 Å². The average molecular weight is 224 g/mol. The maximum Gasteiger partial charge on any atom is 1.00 e. The van der Waals surface area contributed by atoms with Gasteiger partial charge in [-0.05, 0) is 0 Å². The summed E-state index contributed by atoms with van der Waals surface area (Å²) in [6.45, 7) is 0. The summed E-state index contributed by atoms with van der Waals surface area (Å²) in [5, 5.41) is 20.3. The van der Waals surface area contributed by atoms with Crippen LogP contribution in [0.25, 0.3) is 0 Å². The Morgan fingerprint density at radius 2 is 2.00 bits per heavy atom. The molecule has 0 spiro atoms. The quantitative estimate of drug-likeness (QED) is 0.318. The van der Waals surface area contributed by atoms with Gasteiger partial charge in [0.05, 0.1) is 10.9 Å². The van der Waals surface area contributed by atoms with Crippen LogP contribution >= 0.6 is 11.6 Å². The van der Waals surface area contributed by atoms with Crippen molar-refractivity contribution in [2.45, 2.75) is 0 Å². The molecule has 0 saturated heterocycles. The standard InChI is InChI=1S/C7H4ClNO4.Na/c8-6-4(7(10)11)2-1-3-5(6)9(12)13;/h1-3H,(H,10,11);/q;+1/p-1. The summed E-state index contributed by atoms with van der Waals surface area (Å²) in [6.07, 6.45) is 0. The Hall–Kier alpha value is -0.620. The molecule has 0 aliphatic carbocycles. The molecule has 0 unspecified atom stereocenters. The first-order valence-corrected chi connectivity index (χ1v) is 3.56. The summed E-state index contributed by atoms with van der Waals surface area (Å²) in [6, 6.07) is 3.49. The first-order valence-electron chi connectivity index (χ1n) is 3.18. The van der Waals surface area contributed by atoms with Crippen LogP contribution in [-0.2, 0) is 0 Å². The predicted molar refractivity (Wildman–Crippen MR) is 42.4 cm³/mol. The van der Waals surface area contributed by atoms with Crippen LogP contribution < -0.4 is 34.7 Å². The average Bonchev–Trinajstić information content (AvgIpc) is 2.03. The van der Waals surface area contributed by atoms with Gasteiger partial charge in [0.2, 0.25) is 0 Å². The van der Waals surface area contributed by atoms with Gasteiger partial charge in [-0.25, -0.2) is 0 Å². The molecule has 0 atom stereocenters. The third kappa shape index (κ3) is 2.68. The minimum absolute atomic E-state index is 0. The van der Waals surface area contributed by atoms with Crippen LogP contribution in [0.2, 0.25) is 5.02 Å². The molecule has 0 amide bonds. The first kappa shape index (κ1) is 13.4. The Kier molecular flexibility index (Phi) is 5.07. The van der Waals surface area contributed by atoms with E-state index in [4.69, 9.17) is 11.6 Å². The molecule has 1 aromatic carbocycles. The fraction of sp³-hybridized carbons (Fsp3) is 0. The molecule has 5 nitrogen and oxygen atoms in total. The maximum absolute atomic E-state index is 10.4. The molecule has 0 aliphatic rings. The summed E-state index contributed by atoms with van der Waals surface area (Å²) in [5.41, 5.74) is -0.820. The Labute approximate surface area is 106 Å². The number of benzene rings is 1. The molecule has 0 radical (unpaired) electrons. The minimum Gasteiger partial charge on any atom is -0.545 e. The molecule has 68 valence electrons. The van der Waals surface area contributed by atoms with E-state index in [1.165, 1.54) is 6.07 Å². The van der Waals surface area contributed by atoms with Crippen molar-refractivity contribution in [2.24, 2.45) is 0 Å². The molecule has 1 aromatic rings. The van der Waals surface area contributed by atoms with E-state index >= 15 is 0 Å². The van der Waals surface area contributed by atoms with Gasteiger partial charge in [-0.3, -0.25) is 10.1 Å². The smallest absolute Gasteiger partial charge is 0.545 e. The van der Waals surface area contributed by atoms with Gasteiger partial charge in [-0.2, -0.15) is 0 Å². The topological polar surface area (TPSA) is 83.3 Å². The Bertz CT molecular complexity index is 350. The number of hydrogen-bond acceptors (Lipinski definition) is 4. The summed E-state index contributed by atoms with van der Waals surface area (Å²) in [7, 11) is 0. The molecule has 0 aliphatic heterocycles. The number of carbonyl (C=O) groups is 1. The SMILES string of the molecule is O=C([O-])c1cccc([N+](=O)[O-])c1Cl.[Na+]. The molecule has 0 bridgehead atoms. The van der Waals surface area contributed by atoms with Crippen LogP contribution in [0, 0.1) is 10.1 Å². The molecule has 0 saturated carbocycles. The van der Waals surface area contributed by atoms with Crippen molar-refractivity contribution in [3.05, 3.63) is 38.9 Å². The number of aromatic carboxylic acids is 1. The molecular formula is C7H3ClNNaO4. The number of carboxylic acids is 1. The predicted octanol–water partition coefficient (Wildman–Crippen LogP) is -2.38. The van der Waals surface area contributed by atoms with Crippen molar-refractivity contribution >= 4 is 23.3 Å². The van der Waals surface area contributed by atoms with Gasteiger partial charge in [0, 0.05) is 11.6 Å². The van der Waals surface area contributed by atoms with E-state index in [9.17, 15) is 20.0 Å². The van der Waals surface area contributed by atoms with Crippen LogP contribution in [0.5, 0.6) is 0 Å². The van der Waals surface area contributed by atoms with Gasteiger partial charge in [-0.15, -0.1) is 0 Å². The van der Waals surface area contributed by atoms with Crippen molar-refractivity contribution in [3.63, 3.8) is 0 Å². The zero-order valence-electron chi connectivity index (χ0n) is 7.19. The number of nitrogens with zero attached hydrogens (tertiary/aromatic N) is 1. The number of hydrogen-bond donors (Lipinski definition) is 0. The minimum atomic E-state index is -1.53. The van der Waals surface area contributed by atoms with Crippen LogP contribution in [0.15, 0.2) is 18.2 Å². The summed E-state index contributed by atoms with van der Waals surface area (Å²) < 4.78 is 0. The molecule has 0 heterocycles. The normalized spacial score (nSPS) is 8.93. The zero-order valence-corrected chi connectivity index (χ0v) is 9.95. The largest absolute Gasteiger partial charge is 1.00 e. The zero-order chi connectivity index (χ0) is 10.0. The van der Waals surface area contributed by atoms with Crippen molar-refractivity contribution in [1.29, 1.82) is 0 Å². The van der Waals surface area contributed by atoms with Crippen LogP contribution in [0.4, 0.5) is 5.69 Å². The second-order valence-corrected chi connectivity index (χ2v) is 2.56. The van der Waals surface area contributed by atoms with Crippen LogP contribution in [0.1, 0.15) is 10.4 Å². The van der Waals surface area contributed by atoms with E-state index in [0.717, 1.165) is 12.1 Å². The maximum atomic E-state index is 10.4. The van der Waals surface area contributed by atoms with Crippen LogP contribution in [-0.4, -0.2) is 10.9 Å². The molecule has 0 fully saturated rings. The van der Waals surface area contributed by atoms with Crippen molar-refractivity contribution in [2.75, 3.05) is 0 Å². The van der Waals surface area contributed by atoms with E-state index in [1.807, 2.05) is 0 Å². The third-order valence-corrected chi connectivity index (χ3v) is 1.79. The summed E-state index contributed by atoms with van der Waals surface area (Å²) in [4.78, 5) is 19.9. The number of halogens is 1. The second kappa shape index (κ2) is 5.31. The fourth-order valence-corrected chi connectivity index (χ4v) is 1.09. The molecule has 0 N–H and O–H groups in total. The fourth-order valence-electron chi connectivity index (χ4n) is 0.818. The van der Waals surface area contributed by atoms with Gasteiger partial charge in [0.1, 0.15) is 5.02 Å². The van der Waals surface area contributed by atoms with E-state index < -0.39 is 21.6 Å². The number of nitro benzene ring substituents is 1. The summed E-state index contributed by atoms with van der Waals surface area (Å²) >= 11 is 5.44. The Morgan fingerprint density at radius 3 is 2.43 bits per heavy atom.